The number of hydrogen-bond acceptors (Lipinski definition) is 4. The van der Waals surface area contributed by atoms with E-state index >= 15 is 0 Å². The van der Waals surface area contributed by atoms with Crippen molar-refractivity contribution in [3.05, 3.63) is 82.9 Å². The minimum absolute atomic E-state index is 0.133. The number of carbonyl (C=O) groups is 1. The molecule has 31 heavy (non-hydrogen) atoms. The average Bonchev–Trinajstić information content (AvgIpc) is 2.79. The summed E-state index contributed by atoms with van der Waals surface area (Å²) in [6.45, 7) is 0. The highest BCUT2D eigenvalue weighted by atomic mass is 35.5. The highest BCUT2D eigenvalue weighted by Crippen LogP contribution is 2.31. The van der Waals surface area contributed by atoms with Crippen molar-refractivity contribution in [3.8, 4) is 0 Å². The van der Waals surface area contributed by atoms with Gasteiger partial charge < -0.3 is 5.32 Å². The van der Waals surface area contributed by atoms with Crippen molar-refractivity contribution in [1.29, 1.82) is 0 Å². The molecule has 5 nitrogen and oxygen atoms in total. The number of aryl methyl sites for hydroxylation is 1. The number of nitrogens with one attached hydrogen (secondary N) is 1. The lowest BCUT2D eigenvalue weighted by Gasteiger charge is -2.20. The van der Waals surface area contributed by atoms with Gasteiger partial charge in [-0.2, -0.15) is 0 Å². The molecule has 0 bridgehead atoms. The monoisotopic (exact) mass is 472 g/mol. The second kappa shape index (κ2) is 8.94. The van der Waals surface area contributed by atoms with Crippen LogP contribution in [0.15, 0.2) is 76.5 Å². The van der Waals surface area contributed by atoms with Gasteiger partial charge in [-0.3, -0.25) is 9.10 Å². The van der Waals surface area contributed by atoms with Gasteiger partial charge >= 0.3 is 0 Å². The van der Waals surface area contributed by atoms with Gasteiger partial charge in [0.15, 0.2) is 0 Å². The van der Waals surface area contributed by atoms with E-state index in [9.17, 15) is 13.2 Å². The third-order valence-corrected chi connectivity index (χ3v) is 8.39. The summed E-state index contributed by atoms with van der Waals surface area (Å²) in [6.07, 6.45) is 2.10. The molecule has 4 rings (SSSR count). The number of carbonyl (C=O) groups excluding carboxylic acids is 1. The van der Waals surface area contributed by atoms with Crippen LogP contribution in [-0.4, -0.2) is 27.1 Å². The van der Waals surface area contributed by atoms with Gasteiger partial charge in [0.25, 0.3) is 15.9 Å². The van der Waals surface area contributed by atoms with E-state index in [1.165, 1.54) is 33.9 Å². The van der Waals surface area contributed by atoms with Crippen molar-refractivity contribution >= 4 is 50.7 Å². The molecule has 0 fully saturated rings. The Kier molecular flexibility index (Phi) is 6.27. The molecule has 0 aliphatic carbocycles. The molecule has 1 aliphatic rings. The molecule has 0 aromatic heterocycles. The van der Waals surface area contributed by atoms with Crippen LogP contribution in [0.3, 0.4) is 0 Å². The predicted molar refractivity (Wildman–Crippen MR) is 127 cm³/mol. The number of hydrogen-bond donors (Lipinski definition) is 1. The van der Waals surface area contributed by atoms with Gasteiger partial charge in [0, 0.05) is 28.2 Å². The molecule has 1 N–H and O–H groups in total. The molecule has 0 spiro atoms. The molecule has 160 valence electrons. The zero-order chi connectivity index (χ0) is 22.0. The zero-order valence-corrected chi connectivity index (χ0v) is 19.2. The topological polar surface area (TPSA) is 66.5 Å². The van der Waals surface area contributed by atoms with Crippen LogP contribution >= 0.6 is 23.4 Å². The fourth-order valence-corrected chi connectivity index (χ4v) is 5.70. The van der Waals surface area contributed by atoms with Crippen molar-refractivity contribution < 1.29 is 13.2 Å². The van der Waals surface area contributed by atoms with Gasteiger partial charge in [0.2, 0.25) is 0 Å². The van der Waals surface area contributed by atoms with E-state index in [-0.39, 0.29) is 10.8 Å². The van der Waals surface area contributed by atoms with Crippen LogP contribution in [0.2, 0.25) is 5.02 Å². The summed E-state index contributed by atoms with van der Waals surface area (Å²) in [5.41, 5.74) is 2.84. The second-order valence-electron chi connectivity index (χ2n) is 7.20. The SMILES string of the molecule is CN(c1ccc(Cl)cc1)S(=O)(=O)c1ccc(NC(=O)c2ccc3c(c2)CCCS3)cc1. The first-order chi connectivity index (χ1) is 14.8. The predicted octanol–water partition coefficient (Wildman–Crippen LogP) is 5.46. The molecule has 0 saturated carbocycles. The first kappa shape index (κ1) is 21.7. The van der Waals surface area contributed by atoms with E-state index in [4.69, 9.17) is 11.6 Å². The molecule has 8 heteroatoms. The number of nitrogens with zero attached hydrogens (tertiary/aromatic N) is 1. The van der Waals surface area contributed by atoms with Gasteiger partial charge in [-0.25, -0.2) is 8.42 Å². The quantitative estimate of drug-likeness (QED) is 0.535. The lowest BCUT2D eigenvalue weighted by molar-refractivity contribution is 0.102. The van der Waals surface area contributed by atoms with Crippen LogP contribution < -0.4 is 9.62 Å². The maximum Gasteiger partial charge on any atom is 0.264 e. The molecule has 0 radical (unpaired) electrons. The molecule has 1 aliphatic heterocycles. The van der Waals surface area contributed by atoms with E-state index in [1.54, 1.807) is 36.4 Å². The van der Waals surface area contributed by atoms with Crippen LogP contribution in [0, 0.1) is 0 Å². The molecule has 3 aromatic rings. The summed E-state index contributed by atoms with van der Waals surface area (Å²) in [7, 11) is -2.25. The maximum absolute atomic E-state index is 12.9. The molecule has 0 unspecified atom stereocenters. The lowest BCUT2D eigenvalue weighted by atomic mass is 10.1. The Bertz CT molecular complexity index is 1210. The smallest absolute Gasteiger partial charge is 0.264 e. The molecular formula is C23H21ClN2O3S2. The van der Waals surface area contributed by atoms with Gasteiger partial charge in [-0.05, 0) is 90.9 Å². The van der Waals surface area contributed by atoms with E-state index in [0.29, 0.717) is 22.0 Å². The van der Waals surface area contributed by atoms with Crippen molar-refractivity contribution in [2.24, 2.45) is 0 Å². The largest absolute Gasteiger partial charge is 0.322 e. The Morgan fingerprint density at radius 1 is 1.03 bits per heavy atom. The molecule has 1 heterocycles. The Balaban J connectivity index is 1.48. The summed E-state index contributed by atoms with van der Waals surface area (Å²) >= 11 is 7.70. The number of amides is 1. The van der Waals surface area contributed by atoms with Crippen molar-refractivity contribution in [2.45, 2.75) is 22.6 Å². The van der Waals surface area contributed by atoms with E-state index in [1.807, 2.05) is 30.0 Å². The van der Waals surface area contributed by atoms with Crippen LogP contribution in [0.1, 0.15) is 22.3 Å². The zero-order valence-electron chi connectivity index (χ0n) is 16.8. The maximum atomic E-state index is 12.9. The first-order valence-corrected chi connectivity index (χ1v) is 12.6. The standard InChI is InChI=1S/C23H21ClN2O3S2/c1-26(20-9-5-18(24)6-10-20)31(28,29)21-11-7-19(8-12-21)25-23(27)17-4-13-22-16(15-17)3-2-14-30-22/h4-13,15H,2-3,14H2,1H3,(H,25,27). The lowest BCUT2D eigenvalue weighted by Crippen LogP contribution is -2.26. The number of thioether (sulfide) groups is 1. The Labute approximate surface area is 191 Å². The van der Waals surface area contributed by atoms with Gasteiger partial charge in [-0.1, -0.05) is 11.6 Å². The minimum atomic E-state index is -3.74. The van der Waals surface area contributed by atoms with Gasteiger partial charge in [0.05, 0.1) is 10.6 Å². The number of sulfonamides is 1. The number of anilines is 2. The molecule has 0 saturated heterocycles. The fraction of sp³-hybridized carbons (Fsp3) is 0.174. The third kappa shape index (κ3) is 4.74. The van der Waals surface area contributed by atoms with Crippen molar-refractivity contribution in [1.82, 2.24) is 0 Å². The second-order valence-corrected chi connectivity index (χ2v) is 10.7. The number of fused-ring (bicyclic) bond motifs is 1. The minimum Gasteiger partial charge on any atom is -0.322 e. The van der Waals surface area contributed by atoms with E-state index in [0.717, 1.165) is 18.6 Å². The van der Waals surface area contributed by atoms with E-state index < -0.39 is 10.0 Å². The summed E-state index contributed by atoms with van der Waals surface area (Å²) in [4.78, 5) is 14.0. The van der Waals surface area contributed by atoms with Crippen LogP contribution in [0.4, 0.5) is 11.4 Å². The van der Waals surface area contributed by atoms with Crippen LogP contribution in [0.5, 0.6) is 0 Å². The third-order valence-electron chi connectivity index (χ3n) is 5.13. The number of benzene rings is 3. The summed E-state index contributed by atoms with van der Waals surface area (Å²) < 4.78 is 27.0. The van der Waals surface area contributed by atoms with Crippen LogP contribution in [0.25, 0.3) is 0 Å². The highest BCUT2D eigenvalue weighted by molar-refractivity contribution is 7.99. The van der Waals surface area contributed by atoms with Gasteiger partial charge in [0.1, 0.15) is 0 Å². The fourth-order valence-electron chi connectivity index (χ4n) is 3.36. The summed E-state index contributed by atoms with van der Waals surface area (Å²) in [6, 6.07) is 18.5. The van der Waals surface area contributed by atoms with Gasteiger partial charge in [-0.15, -0.1) is 11.8 Å². The number of rotatable bonds is 5. The summed E-state index contributed by atoms with van der Waals surface area (Å²) in [5, 5.41) is 3.38. The first-order valence-electron chi connectivity index (χ1n) is 9.76. The van der Waals surface area contributed by atoms with Crippen molar-refractivity contribution in [2.75, 3.05) is 22.4 Å². The molecule has 3 aromatic carbocycles. The molecular weight excluding hydrogens is 452 g/mol. The molecule has 0 atom stereocenters. The Morgan fingerprint density at radius 2 is 1.74 bits per heavy atom. The van der Waals surface area contributed by atoms with E-state index in [2.05, 4.69) is 5.32 Å². The normalized spacial score (nSPS) is 13.4. The Hall–Kier alpha value is -2.48. The molecule has 1 amide bonds. The highest BCUT2D eigenvalue weighted by Gasteiger charge is 2.21. The Morgan fingerprint density at radius 3 is 2.45 bits per heavy atom. The summed E-state index contributed by atoms with van der Waals surface area (Å²) in [5.74, 6) is 0.897. The van der Waals surface area contributed by atoms with Crippen LogP contribution in [-0.2, 0) is 16.4 Å². The number of halogens is 1. The van der Waals surface area contributed by atoms with Crippen molar-refractivity contribution in [3.63, 3.8) is 0 Å². The average molecular weight is 473 g/mol.